The van der Waals surface area contributed by atoms with E-state index < -0.39 is 24.2 Å². The highest BCUT2D eigenvalue weighted by molar-refractivity contribution is 6.94. The molecule has 3 nitrogen and oxygen atoms in total. The molecule has 0 radical (unpaired) electrons. The normalized spacial score (nSPS) is 12.9. The van der Waals surface area contributed by atoms with Gasteiger partial charge in [-0.25, -0.2) is 13.7 Å². The topological polar surface area (TPSA) is 11.6 Å². The number of fused-ring (bicyclic) bond motifs is 3. The quantitative estimate of drug-likeness (QED) is 0.0716. The van der Waals surface area contributed by atoms with Gasteiger partial charge in [-0.3, -0.25) is 0 Å². The molecule has 0 aliphatic heterocycles. The van der Waals surface area contributed by atoms with Crippen molar-refractivity contribution in [3.63, 3.8) is 0 Å². The molecule has 6 heteroatoms. The highest BCUT2D eigenvalue weighted by Gasteiger charge is 2.39. The number of rotatable bonds is 15. The molecule has 0 fully saturated rings. The minimum atomic E-state index is -1.51. The van der Waals surface area contributed by atoms with E-state index in [0.29, 0.717) is 0 Å². The van der Waals surface area contributed by atoms with E-state index in [-0.39, 0.29) is 21.7 Å². The monoisotopic (exact) mass is 1320 g/mol. The van der Waals surface area contributed by atoms with Crippen LogP contribution in [0.3, 0.4) is 0 Å². The second-order valence-corrected chi connectivity index (χ2v) is 50.4. The maximum absolute atomic E-state index is 2.53. The van der Waals surface area contributed by atoms with Gasteiger partial charge in [0.15, 0.2) is 18.6 Å². The van der Waals surface area contributed by atoms with E-state index in [4.69, 9.17) is 0 Å². The highest BCUT2D eigenvalue weighted by atomic mass is 28.3. The summed E-state index contributed by atoms with van der Waals surface area (Å²) in [6, 6.07) is 53.7. The van der Waals surface area contributed by atoms with Gasteiger partial charge in [0.25, 0.3) is 0 Å². The average Bonchev–Trinajstić information content (AvgIpc) is 0.762. The number of hydrogen-bond donors (Lipinski definition) is 0. The lowest BCUT2D eigenvalue weighted by Crippen LogP contribution is -2.49. The number of benzene rings is 6. The van der Waals surface area contributed by atoms with Gasteiger partial charge in [0, 0.05) is 23.8 Å². The van der Waals surface area contributed by atoms with Crippen molar-refractivity contribution in [3.8, 4) is 33.8 Å². The van der Waals surface area contributed by atoms with Crippen LogP contribution in [0.4, 0.5) is 0 Å². The van der Waals surface area contributed by atoms with E-state index in [1.165, 1.54) is 147 Å². The summed E-state index contributed by atoms with van der Waals surface area (Å²) < 4.78 is 6.93. The van der Waals surface area contributed by atoms with E-state index >= 15 is 0 Å². The van der Waals surface area contributed by atoms with Crippen LogP contribution in [0, 0.1) is 27.7 Å². The predicted molar refractivity (Wildman–Crippen MR) is 430 cm³/mol. The van der Waals surface area contributed by atoms with Gasteiger partial charge in [0.2, 0.25) is 17.1 Å². The molecule has 0 aliphatic rings. The van der Waals surface area contributed by atoms with Gasteiger partial charge < -0.3 is 0 Å². The molecule has 510 valence electrons. The Morgan fingerprint density at radius 3 is 0.926 bits per heavy atom. The van der Waals surface area contributed by atoms with Gasteiger partial charge in [-0.15, -0.1) is 0 Å². The van der Waals surface area contributed by atoms with Crippen molar-refractivity contribution < 1.29 is 13.7 Å². The van der Waals surface area contributed by atoms with Crippen molar-refractivity contribution in [3.05, 3.63) is 178 Å². The van der Waals surface area contributed by atoms with E-state index in [1.807, 2.05) is 0 Å². The summed E-state index contributed by atoms with van der Waals surface area (Å²) in [5.41, 5.74) is 22.0. The van der Waals surface area contributed by atoms with Gasteiger partial charge in [-0.1, -0.05) is 279 Å². The molecule has 0 saturated carbocycles. The zero-order valence-electron chi connectivity index (χ0n) is 66.0. The molecule has 0 saturated heterocycles. The second kappa shape index (κ2) is 29.3. The van der Waals surface area contributed by atoms with Crippen LogP contribution in [-0.2, 0) is 42.8 Å². The SMILES string of the molecule is CC[Si](CC)(c1ccc2c(-c3cc(C(C)(C)C)cc(C(C)(C)C)c3C)[n+](C)ccc2c1)C(C)C.CC[Si](CC)(c1ccc2c(-c3cc(C(C)(C)C)cc(C)c3C)[n+](C)ccc2c1)C(C)C.CC[Si](CC)(c1ccc2c(-c3cc(C(C)(C)C)ccc3C)[n+](C)ccc2c1)C(C)C. The van der Waals surface area contributed by atoms with E-state index in [1.54, 1.807) is 15.6 Å². The van der Waals surface area contributed by atoms with Crippen LogP contribution in [-0.4, -0.2) is 24.2 Å². The van der Waals surface area contributed by atoms with E-state index in [0.717, 1.165) is 16.6 Å². The van der Waals surface area contributed by atoms with Gasteiger partial charge in [-0.2, -0.15) is 0 Å². The van der Waals surface area contributed by atoms with Gasteiger partial charge in [0.05, 0.1) is 51.5 Å². The second-order valence-electron chi connectivity index (χ2n) is 34.0. The number of nitrogens with zero attached hydrogens (tertiary/aromatic N) is 3. The number of hydrogen-bond acceptors (Lipinski definition) is 0. The lowest BCUT2D eigenvalue weighted by atomic mass is 9.76. The third-order valence-electron chi connectivity index (χ3n) is 23.7. The summed E-state index contributed by atoms with van der Waals surface area (Å²) in [5.74, 6) is 0. The van der Waals surface area contributed by atoms with Gasteiger partial charge in [0.1, 0.15) is 21.1 Å². The van der Waals surface area contributed by atoms with Gasteiger partial charge in [-0.05, 0) is 163 Å². The first kappa shape index (κ1) is 76.6. The number of aromatic nitrogens is 3. The summed E-state index contributed by atoms with van der Waals surface area (Å²) in [6.45, 7) is 65.9. The predicted octanol–water partition coefficient (Wildman–Crippen LogP) is 22.7. The molecular weight excluding hydrogens is 1200 g/mol. The molecule has 0 N–H and O–H groups in total. The molecule has 9 aromatic rings. The summed E-state index contributed by atoms with van der Waals surface area (Å²) in [7, 11) is 2.10. The molecule has 0 aliphatic carbocycles. The summed E-state index contributed by atoms with van der Waals surface area (Å²) in [4.78, 5) is 0. The fourth-order valence-corrected chi connectivity index (χ4v) is 30.0. The average molecular weight is 1330 g/mol. The first-order chi connectivity index (χ1) is 44.2. The first-order valence-electron chi connectivity index (χ1n) is 36.9. The molecule has 95 heavy (non-hydrogen) atoms. The molecule has 0 bridgehead atoms. The smallest absolute Gasteiger partial charge is 0.200 e. The third kappa shape index (κ3) is 15.3. The molecule has 0 spiro atoms. The van der Waals surface area contributed by atoms with Crippen LogP contribution in [0.5, 0.6) is 0 Å². The van der Waals surface area contributed by atoms with Gasteiger partial charge >= 0.3 is 0 Å². The maximum atomic E-state index is 2.53. The van der Waals surface area contributed by atoms with Crippen LogP contribution in [0.2, 0.25) is 52.9 Å². The minimum absolute atomic E-state index is 0.0984. The third-order valence-corrected chi connectivity index (χ3v) is 42.3. The van der Waals surface area contributed by atoms with E-state index in [2.05, 4.69) is 363 Å². The zero-order chi connectivity index (χ0) is 71.0. The Morgan fingerprint density at radius 2 is 0.621 bits per heavy atom. The zero-order valence-corrected chi connectivity index (χ0v) is 69.0. The summed E-state index contributed by atoms with van der Waals surface area (Å²) in [5, 5.41) is 13.1. The van der Waals surface area contributed by atoms with Crippen molar-refractivity contribution in [1.82, 2.24) is 0 Å². The van der Waals surface area contributed by atoms with Crippen LogP contribution < -0.4 is 29.3 Å². The Morgan fingerprint density at radius 1 is 0.316 bits per heavy atom. The molecule has 0 amide bonds. The fourth-order valence-electron chi connectivity index (χ4n) is 16.5. The van der Waals surface area contributed by atoms with Crippen LogP contribution in [0.15, 0.2) is 134 Å². The molecule has 6 aromatic carbocycles. The Bertz CT molecular complexity index is 4190. The fraction of sp³-hybridized carbons (Fsp3) is 0.494. The molecule has 3 aromatic heterocycles. The highest BCUT2D eigenvalue weighted by Crippen LogP contribution is 2.41. The van der Waals surface area contributed by atoms with Crippen LogP contribution in [0.1, 0.15) is 211 Å². The van der Waals surface area contributed by atoms with Crippen molar-refractivity contribution >= 4 is 72.1 Å². The standard InChI is InChI=1S/C32H48NSi.C29H42NSi.C28H40NSi/c1-13-34(14-2,22(3)4)26-15-16-27-24(19-26)17-18-33(12)30(27)28-20-25(31(6,7)8)21-29(23(28)5)32(9,10)11;1-11-31(12-2,20(3)4)25-13-14-26-23(18-25)15-16-30(10)28(26)27-19-24(29(7,8)9)17-21(5)22(27)6;1-10-30(11-2,20(3)4)24-14-15-25-22(18-24)16-17-29(9)27(25)26-19-23(28(6,7)8)13-12-21(26)5/h15-22H,13-14H2,1-12H3;13-20H,11-12H2,1-10H3;12-20H,10-11H2,1-9H3/q3*+1. The molecule has 0 atom stereocenters. The van der Waals surface area contributed by atoms with Crippen LogP contribution >= 0.6 is 0 Å². The van der Waals surface area contributed by atoms with Crippen molar-refractivity contribution in [1.29, 1.82) is 0 Å². The van der Waals surface area contributed by atoms with Crippen LogP contribution in [0.25, 0.3) is 66.1 Å². The lowest BCUT2D eigenvalue weighted by molar-refractivity contribution is -0.659. The van der Waals surface area contributed by atoms with Crippen molar-refractivity contribution in [2.75, 3.05) is 0 Å². The molecule has 9 rings (SSSR count). The first-order valence-corrected chi connectivity index (χ1v) is 44.3. The number of aryl methyl sites for hydroxylation is 5. The Hall–Kier alpha value is -5.80. The largest absolute Gasteiger partial charge is 0.220 e. The number of pyridine rings is 3. The minimum Gasteiger partial charge on any atom is -0.200 e. The Kier molecular flexibility index (Phi) is 23.6. The molecular formula is C89H130N3Si3+3. The molecule has 3 heterocycles. The summed E-state index contributed by atoms with van der Waals surface area (Å²) in [6.07, 6.45) is 6.75. The summed E-state index contributed by atoms with van der Waals surface area (Å²) >= 11 is 0. The molecule has 0 unspecified atom stereocenters. The van der Waals surface area contributed by atoms with E-state index in [9.17, 15) is 0 Å². The van der Waals surface area contributed by atoms with Crippen molar-refractivity contribution in [2.24, 2.45) is 21.1 Å². The maximum Gasteiger partial charge on any atom is 0.220 e. The lowest BCUT2D eigenvalue weighted by Gasteiger charge is -2.34. The Labute approximate surface area is 583 Å². The van der Waals surface area contributed by atoms with Crippen molar-refractivity contribution in [2.45, 2.75) is 268 Å². The Balaban J connectivity index is 0.000000202.